The van der Waals surface area contributed by atoms with E-state index in [0.717, 1.165) is 16.8 Å². The number of hydrogen-bond acceptors (Lipinski definition) is 4. The molecule has 0 aliphatic heterocycles. The van der Waals surface area contributed by atoms with Crippen molar-refractivity contribution in [3.8, 4) is 5.75 Å². The standard InChI is InChI=1S/C24H28N2O3S/c1-17-15-21(30-20-5-3-2-4-6-20)12-13-22(17)26-24(28)14-9-18-7-10-19(11-8-18)29-16-23(25)27/h7-15,20H,2-6,16H2,1H3,(H2,25,27)(H,26,28)/b14-9+. The van der Waals surface area contributed by atoms with Crippen LogP contribution in [0.4, 0.5) is 5.69 Å². The highest BCUT2D eigenvalue weighted by atomic mass is 32.2. The lowest BCUT2D eigenvalue weighted by atomic mass is 10.0. The van der Waals surface area contributed by atoms with Crippen molar-refractivity contribution < 1.29 is 14.3 Å². The smallest absolute Gasteiger partial charge is 0.255 e. The van der Waals surface area contributed by atoms with Gasteiger partial charge in [0.05, 0.1) is 0 Å². The number of hydrogen-bond donors (Lipinski definition) is 2. The minimum atomic E-state index is -0.522. The summed E-state index contributed by atoms with van der Waals surface area (Å²) in [6.45, 7) is 1.87. The molecule has 0 heterocycles. The van der Waals surface area contributed by atoms with Gasteiger partial charge in [-0.05, 0) is 67.3 Å². The van der Waals surface area contributed by atoms with Gasteiger partial charge in [0, 0.05) is 21.9 Å². The van der Waals surface area contributed by atoms with Crippen LogP contribution in [0.15, 0.2) is 53.4 Å². The van der Waals surface area contributed by atoms with Crippen LogP contribution in [-0.2, 0) is 9.59 Å². The van der Waals surface area contributed by atoms with Crippen LogP contribution in [0, 0.1) is 6.92 Å². The van der Waals surface area contributed by atoms with Gasteiger partial charge in [0.2, 0.25) is 5.91 Å². The summed E-state index contributed by atoms with van der Waals surface area (Å²) in [6, 6.07) is 13.3. The van der Waals surface area contributed by atoms with Crippen LogP contribution in [0.25, 0.3) is 6.08 Å². The molecular weight excluding hydrogens is 396 g/mol. The van der Waals surface area contributed by atoms with Crippen molar-refractivity contribution in [2.45, 2.75) is 49.2 Å². The quantitative estimate of drug-likeness (QED) is 0.589. The molecule has 0 saturated heterocycles. The number of ether oxygens (including phenoxy) is 1. The molecule has 2 amide bonds. The topological polar surface area (TPSA) is 81.4 Å². The predicted molar refractivity (Wildman–Crippen MR) is 123 cm³/mol. The predicted octanol–water partition coefficient (Wildman–Crippen LogP) is 4.94. The molecule has 2 aromatic rings. The van der Waals surface area contributed by atoms with Crippen molar-refractivity contribution in [3.05, 3.63) is 59.7 Å². The minimum absolute atomic E-state index is 0.158. The Labute approximate surface area is 182 Å². The summed E-state index contributed by atoms with van der Waals surface area (Å²) in [6.07, 6.45) is 9.86. The van der Waals surface area contributed by atoms with Gasteiger partial charge in [-0.2, -0.15) is 0 Å². The number of carbonyl (C=O) groups excluding carboxylic acids is 2. The normalized spacial score (nSPS) is 14.6. The van der Waals surface area contributed by atoms with Crippen LogP contribution in [-0.4, -0.2) is 23.7 Å². The SMILES string of the molecule is Cc1cc(SC2CCCCC2)ccc1NC(=O)/C=C/c1ccc(OCC(N)=O)cc1. The molecule has 0 aromatic heterocycles. The molecule has 158 valence electrons. The first-order chi connectivity index (χ1) is 14.5. The van der Waals surface area contributed by atoms with Crippen LogP contribution >= 0.6 is 11.8 Å². The lowest BCUT2D eigenvalue weighted by molar-refractivity contribution is -0.120. The number of nitrogens with two attached hydrogens (primary N) is 1. The van der Waals surface area contributed by atoms with E-state index in [4.69, 9.17) is 10.5 Å². The van der Waals surface area contributed by atoms with Gasteiger partial charge in [-0.1, -0.05) is 31.4 Å². The van der Waals surface area contributed by atoms with Crippen LogP contribution in [0.5, 0.6) is 5.75 Å². The van der Waals surface area contributed by atoms with E-state index >= 15 is 0 Å². The molecule has 1 saturated carbocycles. The van der Waals surface area contributed by atoms with Gasteiger partial charge in [0.25, 0.3) is 5.91 Å². The summed E-state index contributed by atoms with van der Waals surface area (Å²) in [4.78, 5) is 24.3. The Balaban J connectivity index is 1.53. The fourth-order valence-corrected chi connectivity index (χ4v) is 4.75. The summed E-state index contributed by atoms with van der Waals surface area (Å²) >= 11 is 1.96. The largest absolute Gasteiger partial charge is 0.484 e. The Morgan fingerprint density at radius 3 is 2.53 bits per heavy atom. The van der Waals surface area contributed by atoms with E-state index in [9.17, 15) is 9.59 Å². The first-order valence-corrected chi connectivity index (χ1v) is 11.1. The van der Waals surface area contributed by atoms with E-state index in [1.54, 1.807) is 18.2 Å². The molecule has 2 aromatic carbocycles. The molecule has 1 aliphatic carbocycles. The van der Waals surface area contributed by atoms with E-state index in [1.807, 2.05) is 36.9 Å². The molecule has 3 N–H and O–H groups in total. The van der Waals surface area contributed by atoms with Gasteiger partial charge >= 0.3 is 0 Å². The zero-order chi connectivity index (χ0) is 21.3. The number of anilines is 1. The van der Waals surface area contributed by atoms with E-state index < -0.39 is 5.91 Å². The zero-order valence-corrected chi connectivity index (χ0v) is 18.0. The fraction of sp³-hybridized carbons (Fsp3) is 0.333. The first-order valence-electron chi connectivity index (χ1n) is 10.3. The van der Waals surface area contributed by atoms with Crippen LogP contribution in [0.1, 0.15) is 43.2 Å². The van der Waals surface area contributed by atoms with Crippen molar-refractivity contribution in [3.63, 3.8) is 0 Å². The Morgan fingerprint density at radius 2 is 1.87 bits per heavy atom. The molecule has 1 fully saturated rings. The van der Waals surface area contributed by atoms with Crippen molar-refractivity contribution >= 4 is 35.3 Å². The molecule has 0 atom stereocenters. The average molecular weight is 425 g/mol. The first kappa shape index (κ1) is 22.0. The van der Waals surface area contributed by atoms with Crippen molar-refractivity contribution in [2.75, 3.05) is 11.9 Å². The maximum Gasteiger partial charge on any atom is 0.255 e. The summed E-state index contributed by atoms with van der Waals surface area (Å²) in [7, 11) is 0. The second-order valence-corrected chi connectivity index (χ2v) is 8.87. The molecule has 3 rings (SSSR count). The molecular formula is C24H28N2O3S. The minimum Gasteiger partial charge on any atom is -0.484 e. The average Bonchev–Trinajstić information content (AvgIpc) is 2.74. The van der Waals surface area contributed by atoms with Gasteiger partial charge in [-0.25, -0.2) is 0 Å². The zero-order valence-electron chi connectivity index (χ0n) is 17.2. The van der Waals surface area contributed by atoms with E-state index in [2.05, 4.69) is 17.4 Å². The maximum absolute atomic E-state index is 12.3. The van der Waals surface area contributed by atoms with E-state index in [0.29, 0.717) is 11.0 Å². The lowest BCUT2D eigenvalue weighted by Crippen LogP contribution is -2.19. The number of amides is 2. The summed E-state index contributed by atoms with van der Waals surface area (Å²) in [5, 5.41) is 3.66. The Morgan fingerprint density at radius 1 is 1.13 bits per heavy atom. The summed E-state index contributed by atoms with van der Waals surface area (Å²) < 4.78 is 5.22. The lowest BCUT2D eigenvalue weighted by Gasteiger charge is -2.21. The van der Waals surface area contributed by atoms with Crippen LogP contribution in [0.3, 0.4) is 0 Å². The highest BCUT2D eigenvalue weighted by Crippen LogP contribution is 2.34. The molecule has 0 radical (unpaired) electrons. The second-order valence-electron chi connectivity index (χ2n) is 7.50. The summed E-state index contributed by atoms with van der Waals surface area (Å²) in [5.74, 6) is -0.149. The van der Waals surface area contributed by atoms with E-state index in [-0.39, 0.29) is 12.5 Å². The Bertz CT molecular complexity index is 903. The Hall–Kier alpha value is -2.73. The van der Waals surface area contributed by atoms with Gasteiger partial charge in [-0.3, -0.25) is 9.59 Å². The van der Waals surface area contributed by atoms with Crippen molar-refractivity contribution in [2.24, 2.45) is 5.73 Å². The van der Waals surface area contributed by atoms with Crippen molar-refractivity contribution in [1.82, 2.24) is 0 Å². The molecule has 0 spiro atoms. The monoisotopic (exact) mass is 424 g/mol. The number of primary amides is 1. The number of nitrogens with one attached hydrogen (secondary N) is 1. The van der Waals surface area contributed by atoms with Crippen LogP contribution in [0.2, 0.25) is 0 Å². The third-order valence-corrected chi connectivity index (χ3v) is 6.33. The third-order valence-electron chi connectivity index (χ3n) is 5.00. The second kappa shape index (κ2) is 10.9. The number of aryl methyl sites for hydroxylation is 1. The molecule has 5 nitrogen and oxygen atoms in total. The highest BCUT2D eigenvalue weighted by molar-refractivity contribution is 8.00. The summed E-state index contributed by atoms with van der Waals surface area (Å²) in [5.41, 5.74) is 7.80. The highest BCUT2D eigenvalue weighted by Gasteiger charge is 2.15. The molecule has 0 bridgehead atoms. The number of benzene rings is 2. The maximum atomic E-state index is 12.3. The Kier molecular flexibility index (Phi) is 7.97. The van der Waals surface area contributed by atoms with Gasteiger partial charge < -0.3 is 15.8 Å². The fourth-order valence-electron chi connectivity index (χ4n) is 3.40. The number of rotatable bonds is 8. The number of thioether (sulfide) groups is 1. The third kappa shape index (κ3) is 6.95. The number of carbonyl (C=O) groups is 2. The molecule has 6 heteroatoms. The van der Waals surface area contributed by atoms with E-state index in [1.165, 1.54) is 43.1 Å². The molecule has 30 heavy (non-hydrogen) atoms. The van der Waals surface area contributed by atoms with Gasteiger partial charge in [-0.15, -0.1) is 11.8 Å². The van der Waals surface area contributed by atoms with Crippen LogP contribution < -0.4 is 15.8 Å². The molecule has 1 aliphatic rings. The van der Waals surface area contributed by atoms with Crippen molar-refractivity contribution in [1.29, 1.82) is 0 Å². The molecule has 0 unspecified atom stereocenters. The van der Waals surface area contributed by atoms with Gasteiger partial charge in [0.15, 0.2) is 6.61 Å². The van der Waals surface area contributed by atoms with Gasteiger partial charge in [0.1, 0.15) is 5.75 Å².